The van der Waals surface area contributed by atoms with Crippen molar-refractivity contribution < 1.29 is 9.05 Å². The molecule has 0 fully saturated rings. The van der Waals surface area contributed by atoms with Crippen molar-refractivity contribution in [2.75, 3.05) is 6.61 Å². The summed E-state index contributed by atoms with van der Waals surface area (Å²) in [6, 6.07) is 0. The summed E-state index contributed by atoms with van der Waals surface area (Å²) < 4.78 is 5.38. The Bertz CT molecular complexity index is 51.4. The zero-order chi connectivity index (χ0) is 5.91. The van der Waals surface area contributed by atoms with Gasteiger partial charge < -0.3 is 0 Å². The molecule has 5 heteroatoms. The van der Waals surface area contributed by atoms with Crippen LogP contribution >= 0.6 is 57.6 Å². The molecule has 0 unspecified atom stereocenters. The van der Waals surface area contributed by atoms with Gasteiger partial charge in [0.1, 0.15) is 0 Å². The first kappa shape index (κ1) is 9.86. The van der Waals surface area contributed by atoms with E-state index in [0.717, 1.165) is 6.61 Å². The van der Waals surface area contributed by atoms with Gasteiger partial charge in [0, 0.05) is 0 Å². The molecule has 0 saturated heterocycles. The van der Waals surface area contributed by atoms with Crippen LogP contribution in [0.3, 0.4) is 0 Å². The van der Waals surface area contributed by atoms with Crippen LogP contribution in [0, 0.1) is 0 Å². The standard InChI is InChI=1S/C2H5O.3HI.Ti/c1-2-3;;;;/h2H2,1H3;3*1H;/q-1;;;;+4/p-3. The Balaban J connectivity index is 3.15. The zero-order valence-corrected chi connectivity index (χ0v) is 11.8. The van der Waals surface area contributed by atoms with Crippen molar-refractivity contribution in [2.45, 2.75) is 6.92 Å². The van der Waals surface area contributed by atoms with Crippen LogP contribution in [0.2, 0.25) is 0 Å². The van der Waals surface area contributed by atoms with E-state index in [-0.39, 0.29) is 0 Å². The molecule has 0 aliphatic rings. The quantitative estimate of drug-likeness (QED) is 0.442. The van der Waals surface area contributed by atoms with Crippen LogP contribution in [0.5, 0.6) is 0 Å². The van der Waals surface area contributed by atoms with E-state index in [1.807, 2.05) is 6.92 Å². The fraction of sp³-hybridized carbons (Fsp3) is 1.00. The van der Waals surface area contributed by atoms with Crippen molar-refractivity contribution in [2.24, 2.45) is 0 Å². The molecule has 7 heavy (non-hydrogen) atoms. The van der Waals surface area contributed by atoms with E-state index >= 15 is 0 Å². The van der Waals surface area contributed by atoms with E-state index in [2.05, 4.69) is 57.6 Å². The van der Waals surface area contributed by atoms with Gasteiger partial charge in [-0.1, -0.05) is 0 Å². The Morgan fingerprint density at radius 3 is 1.86 bits per heavy atom. The number of hydrogen-bond acceptors (Lipinski definition) is 1. The van der Waals surface area contributed by atoms with Crippen LogP contribution in [0.4, 0.5) is 0 Å². The minimum atomic E-state index is -1.67. The number of halogens is 3. The molecule has 0 aliphatic carbocycles. The second-order valence-corrected chi connectivity index (χ2v) is 47.0. The summed E-state index contributed by atoms with van der Waals surface area (Å²) in [5, 5.41) is 0. The molecular weight excluding hydrogens is 469 g/mol. The molecule has 44 valence electrons. The Morgan fingerprint density at radius 1 is 1.43 bits per heavy atom. The second kappa shape index (κ2) is 4.64. The third kappa shape index (κ3) is 8.86. The van der Waals surface area contributed by atoms with Crippen LogP contribution in [-0.4, -0.2) is 6.61 Å². The number of hydrogen-bond donors (Lipinski definition) is 0. The summed E-state index contributed by atoms with van der Waals surface area (Å²) in [5.74, 6) is 0. The maximum absolute atomic E-state index is 5.38. The molecule has 1 nitrogen and oxygen atoms in total. The average Bonchev–Trinajstić information content (AvgIpc) is 1.30. The Kier molecular flexibility index (Phi) is 6.55. The summed E-state index contributed by atoms with van der Waals surface area (Å²) in [5.41, 5.74) is -1.67. The molecule has 0 saturated carbocycles. The van der Waals surface area contributed by atoms with Crippen molar-refractivity contribution in [1.82, 2.24) is 0 Å². The van der Waals surface area contributed by atoms with E-state index in [1.165, 1.54) is 0 Å². The first-order chi connectivity index (χ1) is 3.06. The van der Waals surface area contributed by atoms with Crippen molar-refractivity contribution in [3.63, 3.8) is 0 Å². The van der Waals surface area contributed by atoms with Crippen molar-refractivity contribution in [1.29, 1.82) is 0 Å². The summed E-state index contributed by atoms with van der Waals surface area (Å²) in [6.45, 7) is 2.91. The third-order valence-corrected chi connectivity index (χ3v) is 5.12. The van der Waals surface area contributed by atoms with Gasteiger partial charge in [-0.25, -0.2) is 0 Å². The fourth-order valence-corrected chi connectivity index (χ4v) is 4.53. The van der Waals surface area contributed by atoms with Gasteiger partial charge in [0.2, 0.25) is 0 Å². The van der Waals surface area contributed by atoms with Crippen LogP contribution in [0.15, 0.2) is 0 Å². The zero-order valence-electron chi connectivity index (χ0n) is 3.75. The predicted molar refractivity (Wildman–Crippen MR) is 53.7 cm³/mol. The average molecular weight is 474 g/mol. The number of rotatable bonds is 2. The topological polar surface area (TPSA) is 9.23 Å². The molecule has 0 rings (SSSR count). The van der Waals surface area contributed by atoms with E-state index in [4.69, 9.17) is 3.32 Å². The van der Waals surface area contributed by atoms with Crippen LogP contribution in [-0.2, 0) is 9.05 Å². The molecule has 0 amide bonds. The van der Waals surface area contributed by atoms with Gasteiger partial charge in [0.25, 0.3) is 0 Å². The summed E-state index contributed by atoms with van der Waals surface area (Å²) >= 11 is 7.25. The molecule has 0 aromatic rings. The molecule has 0 aliphatic heterocycles. The van der Waals surface area contributed by atoms with Gasteiger partial charge >= 0.3 is 80.1 Å². The second-order valence-electron chi connectivity index (χ2n) is 0.879. The summed E-state index contributed by atoms with van der Waals surface area (Å²) in [6.07, 6.45) is 0. The molecule has 0 aromatic heterocycles. The Labute approximate surface area is 78.2 Å². The van der Waals surface area contributed by atoms with E-state index in [0.29, 0.717) is 0 Å². The molecule has 0 N–H and O–H groups in total. The van der Waals surface area contributed by atoms with Crippen molar-refractivity contribution >= 4 is 57.6 Å². The van der Waals surface area contributed by atoms with Gasteiger partial charge in [-0.2, -0.15) is 0 Å². The van der Waals surface area contributed by atoms with Crippen LogP contribution in [0.25, 0.3) is 0 Å². The maximum atomic E-state index is 5.38. The third-order valence-electron chi connectivity index (χ3n) is 0.308. The first-order valence-electron chi connectivity index (χ1n) is 1.77. The molecule has 0 atom stereocenters. The van der Waals surface area contributed by atoms with Crippen molar-refractivity contribution in [3.8, 4) is 0 Å². The molecule has 0 radical (unpaired) electrons. The summed E-state index contributed by atoms with van der Waals surface area (Å²) in [4.78, 5) is 0. The Morgan fingerprint density at radius 2 is 1.86 bits per heavy atom. The van der Waals surface area contributed by atoms with Crippen LogP contribution < -0.4 is 0 Å². The molecule has 0 spiro atoms. The van der Waals surface area contributed by atoms with Gasteiger partial charge in [0.15, 0.2) is 0 Å². The first-order valence-corrected chi connectivity index (χ1v) is 17.5. The van der Waals surface area contributed by atoms with Gasteiger partial charge in [-0.15, -0.1) is 0 Å². The van der Waals surface area contributed by atoms with E-state index in [1.54, 1.807) is 0 Å². The molecule has 0 bridgehead atoms. The SMILES string of the molecule is CC[O][Ti]([I])([I])[I]. The van der Waals surface area contributed by atoms with Crippen LogP contribution in [0.1, 0.15) is 6.92 Å². The van der Waals surface area contributed by atoms with Gasteiger partial charge in [0.05, 0.1) is 0 Å². The van der Waals surface area contributed by atoms with Gasteiger partial charge in [-0.05, 0) is 0 Å². The molecule has 0 aromatic carbocycles. The predicted octanol–water partition coefficient (Wildman–Crippen LogP) is 3.14. The minimum absolute atomic E-state index is 0.870. The molecule has 0 heterocycles. The summed E-state index contributed by atoms with van der Waals surface area (Å²) in [7, 11) is 0. The van der Waals surface area contributed by atoms with E-state index in [9.17, 15) is 0 Å². The van der Waals surface area contributed by atoms with E-state index < -0.39 is 5.73 Å². The Hall–Kier alpha value is 2.86. The molecular formula is C2H5I3OTi. The van der Waals surface area contributed by atoms with Gasteiger partial charge in [-0.3, -0.25) is 0 Å². The van der Waals surface area contributed by atoms with Crippen molar-refractivity contribution in [3.05, 3.63) is 0 Å². The fourth-order valence-electron chi connectivity index (χ4n) is 0.164. The monoisotopic (exact) mass is 474 g/mol. The normalized spacial score (nSPS) is 12.0.